The Morgan fingerprint density at radius 2 is 2.19 bits per heavy atom. The normalized spacial score (nSPS) is 15.8. The van der Waals surface area contributed by atoms with Crippen molar-refractivity contribution < 1.29 is 14.3 Å². The number of nitrogen functional groups attached to an aromatic ring is 1. The van der Waals surface area contributed by atoms with Gasteiger partial charge in [0, 0.05) is 19.1 Å². The van der Waals surface area contributed by atoms with Gasteiger partial charge in [0.2, 0.25) is 11.9 Å². The summed E-state index contributed by atoms with van der Waals surface area (Å²) >= 11 is 0. The topological polar surface area (TPSA) is 115 Å². The SMILES string of the molecule is CCOC(=O)N1CCC(NC(=O)Cn2cnc(N)n2)CC1. The van der Waals surface area contributed by atoms with Crippen LogP contribution in [-0.2, 0) is 16.1 Å². The Bertz CT molecular complexity index is 495. The van der Waals surface area contributed by atoms with Gasteiger partial charge in [-0.2, -0.15) is 0 Å². The fourth-order valence-corrected chi connectivity index (χ4v) is 2.23. The first-order valence-electron chi connectivity index (χ1n) is 6.94. The zero-order valence-electron chi connectivity index (χ0n) is 12.0. The molecule has 1 fully saturated rings. The van der Waals surface area contributed by atoms with Crippen LogP contribution in [0.4, 0.5) is 10.7 Å². The van der Waals surface area contributed by atoms with Gasteiger partial charge in [-0.25, -0.2) is 14.5 Å². The van der Waals surface area contributed by atoms with Crippen LogP contribution < -0.4 is 11.1 Å². The van der Waals surface area contributed by atoms with Gasteiger partial charge in [0.25, 0.3) is 0 Å². The molecule has 1 saturated heterocycles. The Balaban J connectivity index is 1.73. The largest absolute Gasteiger partial charge is 0.450 e. The first kappa shape index (κ1) is 15.1. The Morgan fingerprint density at radius 3 is 2.76 bits per heavy atom. The van der Waals surface area contributed by atoms with E-state index in [1.165, 1.54) is 11.0 Å². The van der Waals surface area contributed by atoms with E-state index in [2.05, 4.69) is 15.4 Å². The lowest BCUT2D eigenvalue weighted by atomic mass is 10.1. The third-order valence-corrected chi connectivity index (χ3v) is 3.25. The van der Waals surface area contributed by atoms with Gasteiger partial charge >= 0.3 is 6.09 Å². The molecule has 0 unspecified atom stereocenters. The summed E-state index contributed by atoms with van der Waals surface area (Å²) in [6.45, 7) is 3.40. The molecule has 1 aromatic heterocycles. The lowest BCUT2D eigenvalue weighted by molar-refractivity contribution is -0.122. The summed E-state index contributed by atoms with van der Waals surface area (Å²) in [6.07, 6.45) is 2.55. The highest BCUT2D eigenvalue weighted by atomic mass is 16.6. The van der Waals surface area contributed by atoms with Gasteiger partial charge < -0.3 is 20.7 Å². The Kier molecular flexibility index (Phi) is 4.96. The molecule has 0 atom stereocenters. The molecule has 1 aliphatic heterocycles. The number of nitrogens with one attached hydrogen (secondary N) is 1. The van der Waals surface area contributed by atoms with Gasteiger partial charge in [0.15, 0.2) is 0 Å². The number of hydrogen-bond donors (Lipinski definition) is 2. The number of piperidine rings is 1. The van der Waals surface area contributed by atoms with E-state index in [0.717, 1.165) is 0 Å². The van der Waals surface area contributed by atoms with Crippen LogP contribution in [0.1, 0.15) is 19.8 Å². The van der Waals surface area contributed by atoms with E-state index in [0.29, 0.717) is 32.5 Å². The predicted octanol–water partition coefficient (Wildman–Crippen LogP) is -0.403. The minimum absolute atomic E-state index is 0.0593. The van der Waals surface area contributed by atoms with Gasteiger partial charge in [0.1, 0.15) is 12.9 Å². The lowest BCUT2D eigenvalue weighted by Gasteiger charge is -2.31. The number of hydrogen-bond acceptors (Lipinski definition) is 6. The summed E-state index contributed by atoms with van der Waals surface area (Å²) in [6, 6.07) is 0.0593. The number of ether oxygens (including phenoxy) is 1. The maximum Gasteiger partial charge on any atom is 0.409 e. The van der Waals surface area contributed by atoms with Crippen molar-refractivity contribution in [3.8, 4) is 0 Å². The standard InChI is InChI=1S/C12H20N6O3/c1-2-21-12(20)17-5-3-9(4-6-17)15-10(19)7-18-8-14-11(13)16-18/h8-9H,2-7H2,1H3,(H2,13,16)(H,15,19). The van der Waals surface area contributed by atoms with Crippen LogP contribution in [-0.4, -0.2) is 57.4 Å². The van der Waals surface area contributed by atoms with E-state index in [1.807, 2.05) is 0 Å². The van der Waals surface area contributed by atoms with Crippen molar-refractivity contribution in [2.45, 2.75) is 32.4 Å². The smallest absolute Gasteiger partial charge is 0.409 e. The van der Waals surface area contributed by atoms with Gasteiger partial charge in [0.05, 0.1) is 6.61 Å². The van der Waals surface area contributed by atoms with Crippen LogP contribution >= 0.6 is 0 Å². The molecular weight excluding hydrogens is 276 g/mol. The second-order valence-corrected chi connectivity index (χ2v) is 4.83. The summed E-state index contributed by atoms with van der Waals surface area (Å²) < 4.78 is 6.34. The Labute approximate surface area is 122 Å². The first-order chi connectivity index (χ1) is 10.1. The highest BCUT2D eigenvalue weighted by molar-refractivity contribution is 5.76. The fraction of sp³-hybridized carbons (Fsp3) is 0.667. The van der Waals surface area contributed by atoms with Crippen LogP contribution in [0.15, 0.2) is 6.33 Å². The van der Waals surface area contributed by atoms with Gasteiger partial charge in [-0.3, -0.25) is 4.79 Å². The molecule has 1 aromatic rings. The number of anilines is 1. The summed E-state index contributed by atoms with van der Waals surface area (Å²) in [5.74, 6) is 0.0000273. The lowest BCUT2D eigenvalue weighted by Crippen LogP contribution is -2.47. The average Bonchev–Trinajstić information content (AvgIpc) is 2.85. The molecule has 0 radical (unpaired) electrons. The van der Waals surface area contributed by atoms with Gasteiger partial charge in [-0.05, 0) is 19.8 Å². The van der Waals surface area contributed by atoms with Crippen molar-refractivity contribution in [3.63, 3.8) is 0 Å². The molecule has 9 heteroatoms. The van der Waals surface area contributed by atoms with E-state index >= 15 is 0 Å². The molecule has 0 bridgehead atoms. The summed E-state index contributed by atoms with van der Waals surface area (Å²) in [5.41, 5.74) is 5.38. The molecule has 9 nitrogen and oxygen atoms in total. The van der Waals surface area contributed by atoms with E-state index in [1.54, 1.807) is 11.8 Å². The van der Waals surface area contributed by atoms with Crippen molar-refractivity contribution in [2.75, 3.05) is 25.4 Å². The van der Waals surface area contributed by atoms with E-state index in [4.69, 9.17) is 10.5 Å². The zero-order valence-corrected chi connectivity index (χ0v) is 12.0. The molecule has 2 amide bonds. The molecular formula is C12H20N6O3. The first-order valence-corrected chi connectivity index (χ1v) is 6.94. The van der Waals surface area contributed by atoms with Crippen LogP contribution in [0, 0.1) is 0 Å². The van der Waals surface area contributed by atoms with Gasteiger partial charge in [-0.15, -0.1) is 5.10 Å². The van der Waals surface area contributed by atoms with E-state index in [9.17, 15) is 9.59 Å². The Hall–Kier alpha value is -2.32. The van der Waals surface area contributed by atoms with Crippen molar-refractivity contribution in [3.05, 3.63) is 6.33 Å². The molecule has 0 aromatic carbocycles. The number of rotatable bonds is 4. The zero-order chi connectivity index (χ0) is 15.2. The molecule has 21 heavy (non-hydrogen) atoms. The van der Waals surface area contributed by atoms with E-state index < -0.39 is 0 Å². The predicted molar refractivity (Wildman–Crippen MR) is 74.2 cm³/mol. The number of carbonyl (C=O) groups excluding carboxylic acids is 2. The summed E-state index contributed by atoms with van der Waals surface area (Å²) in [5, 5.41) is 6.77. The van der Waals surface area contributed by atoms with Crippen molar-refractivity contribution in [1.82, 2.24) is 25.0 Å². The number of nitrogens with two attached hydrogens (primary N) is 1. The maximum atomic E-state index is 11.9. The fourth-order valence-electron chi connectivity index (χ4n) is 2.23. The number of amides is 2. The molecule has 0 spiro atoms. The van der Waals surface area contributed by atoms with Crippen LogP contribution in [0.25, 0.3) is 0 Å². The van der Waals surface area contributed by atoms with Crippen molar-refractivity contribution >= 4 is 17.9 Å². The minimum Gasteiger partial charge on any atom is -0.450 e. The number of carbonyl (C=O) groups is 2. The molecule has 0 saturated carbocycles. The third-order valence-electron chi connectivity index (χ3n) is 3.25. The quantitative estimate of drug-likeness (QED) is 0.781. The highest BCUT2D eigenvalue weighted by Gasteiger charge is 2.24. The molecule has 2 heterocycles. The highest BCUT2D eigenvalue weighted by Crippen LogP contribution is 2.11. The second-order valence-electron chi connectivity index (χ2n) is 4.83. The number of aromatic nitrogens is 3. The van der Waals surface area contributed by atoms with E-state index in [-0.39, 0.29) is 30.5 Å². The third kappa shape index (κ3) is 4.33. The van der Waals surface area contributed by atoms with Crippen molar-refractivity contribution in [1.29, 1.82) is 0 Å². The number of likely N-dealkylation sites (tertiary alicyclic amines) is 1. The molecule has 116 valence electrons. The molecule has 2 rings (SSSR count). The summed E-state index contributed by atoms with van der Waals surface area (Å²) in [7, 11) is 0. The summed E-state index contributed by atoms with van der Waals surface area (Å²) in [4.78, 5) is 28.8. The van der Waals surface area contributed by atoms with Crippen LogP contribution in [0.2, 0.25) is 0 Å². The monoisotopic (exact) mass is 296 g/mol. The van der Waals surface area contributed by atoms with Gasteiger partial charge in [-0.1, -0.05) is 0 Å². The average molecular weight is 296 g/mol. The van der Waals surface area contributed by atoms with Crippen LogP contribution in [0.3, 0.4) is 0 Å². The van der Waals surface area contributed by atoms with Crippen LogP contribution in [0.5, 0.6) is 0 Å². The molecule has 1 aliphatic rings. The number of nitrogens with zero attached hydrogens (tertiary/aromatic N) is 4. The maximum absolute atomic E-state index is 11.9. The Morgan fingerprint density at radius 1 is 1.48 bits per heavy atom. The minimum atomic E-state index is -0.291. The molecule has 0 aliphatic carbocycles. The molecule has 3 N–H and O–H groups in total. The second kappa shape index (κ2) is 6.91. The van der Waals surface area contributed by atoms with Crippen molar-refractivity contribution in [2.24, 2.45) is 0 Å².